The van der Waals surface area contributed by atoms with E-state index >= 15 is 0 Å². The quantitative estimate of drug-likeness (QED) is 0.887. The number of rotatable bonds is 4. The van der Waals surface area contributed by atoms with E-state index in [2.05, 4.69) is 10.3 Å². The van der Waals surface area contributed by atoms with E-state index in [0.717, 1.165) is 5.56 Å². The fraction of sp³-hybridized carbons (Fsp3) is 0.235. The van der Waals surface area contributed by atoms with Gasteiger partial charge in [0.1, 0.15) is 6.54 Å². The van der Waals surface area contributed by atoms with Crippen molar-refractivity contribution < 1.29 is 23.8 Å². The van der Waals surface area contributed by atoms with Crippen molar-refractivity contribution in [2.24, 2.45) is 0 Å². The normalized spacial score (nSPS) is 14.7. The summed E-state index contributed by atoms with van der Waals surface area (Å²) in [6.07, 6.45) is 1.55. The van der Waals surface area contributed by atoms with Crippen LogP contribution in [0, 0.1) is 0 Å². The van der Waals surface area contributed by atoms with Crippen LogP contribution in [-0.2, 0) is 16.1 Å². The van der Waals surface area contributed by atoms with Gasteiger partial charge in [-0.15, -0.1) is 0 Å². The zero-order chi connectivity index (χ0) is 17.2. The number of carbonyl (C=O) groups excluding carboxylic acids is 2. The van der Waals surface area contributed by atoms with E-state index in [0.29, 0.717) is 29.6 Å². The Morgan fingerprint density at radius 2 is 2.04 bits per heavy atom. The minimum absolute atomic E-state index is 0.103. The summed E-state index contributed by atoms with van der Waals surface area (Å²) in [5.74, 6) is 1.61. The van der Waals surface area contributed by atoms with Crippen molar-refractivity contribution in [1.82, 2.24) is 10.3 Å². The number of ether oxygens (including phenoxy) is 3. The van der Waals surface area contributed by atoms with Gasteiger partial charge in [0.15, 0.2) is 29.7 Å². The summed E-state index contributed by atoms with van der Waals surface area (Å²) in [6, 6.07) is 8.90. The van der Waals surface area contributed by atoms with Crippen molar-refractivity contribution in [3.05, 3.63) is 42.1 Å². The van der Waals surface area contributed by atoms with Crippen LogP contribution in [0.25, 0.3) is 0 Å². The number of anilines is 1. The Morgan fingerprint density at radius 3 is 2.96 bits per heavy atom. The lowest BCUT2D eigenvalue weighted by Gasteiger charge is -2.27. The molecule has 1 N–H and O–H groups in total. The first-order valence-corrected chi connectivity index (χ1v) is 7.74. The van der Waals surface area contributed by atoms with Gasteiger partial charge in [-0.3, -0.25) is 14.5 Å². The molecule has 0 atom stereocenters. The first kappa shape index (κ1) is 15.3. The number of carbonyl (C=O) groups is 2. The van der Waals surface area contributed by atoms with E-state index < -0.39 is 0 Å². The summed E-state index contributed by atoms with van der Waals surface area (Å²) in [6.45, 7) is 0.310. The van der Waals surface area contributed by atoms with E-state index in [1.807, 2.05) is 12.1 Å². The molecule has 3 heterocycles. The van der Waals surface area contributed by atoms with Crippen LogP contribution in [0.1, 0.15) is 5.56 Å². The lowest BCUT2D eigenvalue weighted by Crippen LogP contribution is -2.45. The van der Waals surface area contributed by atoms with Gasteiger partial charge in [-0.05, 0) is 29.8 Å². The van der Waals surface area contributed by atoms with Gasteiger partial charge in [-0.1, -0.05) is 6.07 Å². The molecule has 0 spiro atoms. The van der Waals surface area contributed by atoms with E-state index in [1.165, 1.54) is 4.90 Å². The highest BCUT2D eigenvalue weighted by molar-refractivity contribution is 6.01. The standard InChI is InChI=1S/C17H15N3O5/c21-15(19-7-11-3-4-12-14(6-11)25-10-24-12)8-20-16(22)9-23-13-2-1-5-18-17(13)20/h1-6H,7-10H2,(H,19,21). The Bertz CT molecular complexity index is 839. The molecule has 25 heavy (non-hydrogen) atoms. The van der Waals surface area contributed by atoms with Crippen molar-refractivity contribution in [2.75, 3.05) is 24.8 Å². The number of nitrogens with one attached hydrogen (secondary N) is 1. The summed E-state index contributed by atoms with van der Waals surface area (Å²) in [5.41, 5.74) is 0.879. The van der Waals surface area contributed by atoms with Gasteiger partial charge in [-0.2, -0.15) is 0 Å². The van der Waals surface area contributed by atoms with Gasteiger partial charge in [0, 0.05) is 12.7 Å². The summed E-state index contributed by atoms with van der Waals surface area (Å²) in [7, 11) is 0. The maximum Gasteiger partial charge on any atom is 0.266 e. The highest BCUT2D eigenvalue weighted by atomic mass is 16.7. The van der Waals surface area contributed by atoms with E-state index in [1.54, 1.807) is 24.4 Å². The number of aromatic nitrogens is 1. The van der Waals surface area contributed by atoms with Crippen LogP contribution >= 0.6 is 0 Å². The predicted molar refractivity (Wildman–Crippen MR) is 86.5 cm³/mol. The molecule has 8 nitrogen and oxygen atoms in total. The fourth-order valence-electron chi connectivity index (χ4n) is 2.65. The second-order valence-corrected chi connectivity index (χ2v) is 5.56. The molecule has 0 bridgehead atoms. The third-order valence-electron chi connectivity index (χ3n) is 3.89. The third-order valence-corrected chi connectivity index (χ3v) is 3.89. The van der Waals surface area contributed by atoms with Crippen LogP contribution in [0.15, 0.2) is 36.5 Å². The maximum atomic E-state index is 12.2. The molecule has 1 aromatic heterocycles. The lowest BCUT2D eigenvalue weighted by atomic mass is 10.2. The van der Waals surface area contributed by atoms with Crippen LogP contribution in [0.4, 0.5) is 5.82 Å². The lowest BCUT2D eigenvalue weighted by molar-refractivity contribution is -0.125. The predicted octanol–water partition coefficient (Wildman–Crippen LogP) is 0.852. The van der Waals surface area contributed by atoms with Crippen LogP contribution in [0.5, 0.6) is 17.2 Å². The molecule has 0 unspecified atom stereocenters. The molecule has 8 heteroatoms. The molecule has 2 aromatic rings. The van der Waals surface area contributed by atoms with Crippen LogP contribution in [-0.4, -0.2) is 36.7 Å². The van der Waals surface area contributed by atoms with Crippen molar-refractivity contribution in [1.29, 1.82) is 0 Å². The summed E-state index contributed by atoms with van der Waals surface area (Å²) >= 11 is 0. The minimum atomic E-state index is -0.301. The first-order valence-electron chi connectivity index (χ1n) is 7.74. The van der Waals surface area contributed by atoms with Gasteiger partial charge in [-0.25, -0.2) is 4.98 Å². The number of hydrogen-bond acceptors (Lipinski definition) is 6. The molecule has 128 valence electrons. The molecule has 2 amide bonds. The highest BCUT2D eigenvalue weighted by Crippen LogP contribution is 2.32. The Kier molecular flexibility index (Phi) is 3.85. The molecule has 2 aliphatic rings. The second-order valence-electron chi connectivity index (χ2n) is 5.56. The summed E-state index contributed by atoms with van der Waals surface area (Å²) < 4.78 is 15.9. The Balaban J connectivity index is 1.40. The number of amides is 2. The van der Waals surface area contributed by atoms with Crippen LogP contribution in [0.2, 0.25) is 0 Å². The van der Waals surface area contributed by atoms with Crippen molar-refractivity contribution in [3.63, 3.8) is 0 Å². The Morgan fingerprint density at radius 1 is 1.16 bits per heavy atom. The molecule has 0 saturated carbocycles. The maximum absolute atomic E-state index is 12.2. The van der Waals surface area contributed by atoms with Crippen LogP contribution in [0.3, 0.4) is 0 Å². The van der Waals surface area contributed by atoms with Crippen molar-refractivity contribution in [2.45, 2.75) is 6.54 Å². The smallest absolute Gasteiger partial charge is 0.266 e. The highest BCUT2D eigenvalue weighted by Gasteiger charge is 2.28. The van der Waals surface area contributed by atoms with Crippen LogP contribution < -0.4 is 24.4 Å². The largest absolute Gasteiger partial charge is 0.480 e. The summed E-state index contributed by atoms with van der Waals surface area (Å²) in [4.78, 5) is 29.7. The molecule has 2 aliphatic heterocycles. The number of fused-ring (bicyclic) bond motifs is 2. The van der Waals surface area contributed by atoms with Gasteiger partial charge >= 0.3 is 0 Å². The Hall–Kier alpha value is -3.29. The second kappa shape index (κ2) is 6.31. The zero-order valence-electron chi connectivity index (χ0n) is 13.2. The Labute approximate surface area is 143 Å². The van der Waals surface area contributed by atoms with Gasteiger partial charge in [0.05, 0.1) is 0 Å². The molecular formula is C17H15N3O5. The number of hydrogen-bond donors (Lipinski definition) is 1. The average Bonchev–Trinajstić information content (AvgIpc) is 3.10. The van der Waals surface area contributed by atoms with Gasteiger partial charge in [0.25, 0.3) is 5.91 Å². The molecule has 1 aromatic carbocycles. The number of pyridine rings is 1. The topological polar surface area (TPSA) is 90.0 Å². The third kappa shape index (κ3) is 3.06. The minimum Gasteiger partial charge on any atom is -0.480 e. The zero-order valence-corrected chi connectivity index (χ0v) is 13.2. The first-order chi connectivity index (χ1) is 12.2. The number of nitrogens with zero attached hydrogens (tertiary/aromatic N) is 2. The molecule has 0 aliphatic carbocycles. The van der Waals surface area contributed by atoms with E-state index in [-0.39, 0.29) is 31.8 Å². The molecule has 0 radical (unpaired) electrons. The number of benzene rings is 1. The van der Waals surface area contributed by atoms with Crippen molar-refractivity contribution in [3.8, 4) is 17.2 Å². The molecular weight excluding hydrogens is 326 g/mol. The molecule has 0 saturated heterocycles. The fourth-order valence-corrected chi connectivity index (χ4v) is 2.65. The molecule has 0 fully saturated rings. The monoisotopic (exact) mass is 341 g/mol. The SMILES string of the molecule is O=C(CN1C(=O)COc2cccnc21)NCc1ccc2c(c1)OCO2. The van der Waals surface area contributed by atoms with Crippen molar-refractivity contribution >= 4 is 17.6 Å². The van der Waals surface area contributed by atoms with Gasteiger partial charge in [0.2, 0.25) is 12.7 Å². The summed E-state index contributed by atoms with van der Waals surface area (Å²) in [5, 5.41) is 2.79. The van der Waals surface area contributed by atoms with E-state index in [4.69, 9.17) is 14.2 Å². The van der Waals surface area contributed by atoms with Gasteiger partial charge < -0.3 is 19.5 Å². The average molecular weight is 341 g/mol. The molecule has 4 rings (SSSR count). The van der Waals surface area contributed by atoms with E-state index in [9.17, 15) is 9.59 Å².